The molecule has 6 heteroatoms. The number of aryl methyl sites for hydroxylation is 2. The third-order valence-corrected chi connectivity index (χ3v) is 3.90. The van der Waals surface area contributed by atoms with E-state index in [1.807, 2.05) is 31.2 Å². The molecule has 1 aromatic heterocycles. The lowest BCUT2D eigenvalue weighted by molar-refractivity contribution is -0.118. The summed E-state index contributed by atoms with van der Waals surface area (Å²) in [6.45, 7) is 1.98. The van der Waals surface area contributed by atoms with Gasteiger partial charge in [-0.2, -0.15) is 4.98 Å². The van der Waals surface area contributed by atoms with E-state index in [1.165, 1.54) is 6.07 Å². The van der Waals surface area contributed by atoms with Crippen LogP contribution in [0.5, 0.6) is 0 Å². The van der Waals surface area contributed by atoms with Gasteiger partial charge in [0.05, 0.1) is 5.56 Å². The molecule has 0 fully saturated rings. The number of anilines is 1. The van der Waals surface area contributed by atoms with E-state index in [4.69, 9.17) is 4.52 Å². The Morgan fingerprint density at radius 3 is 2.76 bits per heavy atom. The van der Waals surface area contributed by atoms with Crippen molar-refractivity contribution in [3.8, 4) is 11.4 Å². The zero-order valence-electron chi connectivity index (χ0n) is 14.1. The minimum absolute atomic E-state index is 0.0590. The first kappa shape index (κ1) is 16.8. The Labute approximate surface area is 145 Å². The molecule has 25 heavy (non-hydrogen) atoms. The number of hydrogen-bond acceptors (Lipinski definition) is 4. The predicted molar refractivity (Wildman–Crippen MR) is 92.6 cm³/mol. The van der Waals surface area contributed by atoms with Gasteiger partial charge in [0.2, 0.25) is 17.6 Å². The van der Waals surface area contributed by atoms with Crippen molar-refractivity contribution < 1.29 is 13.7 Å². The summed E-state index contributed by atoms with van der Waals surface area (Å²) in [7, 11) is 1.73. The summed E-state index contributed by atoms with van der Waals surface area (Å²) < 4.78 is 18.9. The van der Waals surface area contributed by atoms with Crippen molar-refractivity contribution >= 4 is 11.6 Å². The van der Waals surface area contributed by atoms with Gasteiger partial charge in [-0.05, 0) is 36.8 Å². The highest BCUT2D eigenvalue weighted by Crippen LogP contribution is 2.20. The number of halogens is 1. The maximum absolute atomic E-state index is 13.7. The maximum Gasteiger partial charge on any atom is 0.227 e. The van der Waals surface area contributed by atoms with E-state index in [9.17, 15) is 9.18 Å². The smallest absolute Gasteiger partial charge is 0.227 e. The maximum atomic E-state index is 13.7. The minimum Gasteiger partial charge on any atom is -0.339 e. The summed E-state index contributed by atoms with van der Waals surface area (Å²) in [5.41, 5.74) is 2.20. The van der Waals surface area contributed by atoms with Crippen LogP contribution in [0.4, 0.5) is 10.1 Å². The lowest BCUT2D eigenvalue weighted by Gasteiger charge is -2.17. The molecule has 0 spiro atoms. The molecule has 0 aliphatic carbocycles. The van der Waals surface area contributed by atoms with E-state index in [0.717, 1.165) is 11.3 Å². The van der Waals surface area contributed by atoms with Crippen LogP contribution in [0.2, 0.25) is 0 Å². The Bertz CT molecular complexity index is 892. The van der Waals surface area contributed by atoms with E-state index in [1.54, 1.807) is 30.1 Å². The highest BCUT2D eigenvalue weighted by atomic mass is 19.1. The topological polar surface area (TPSA) is 59.2 Å². The van der Waals surface area contributed by atoms with Gasteiger partial charge < -0.3 is 9.42 Å². The first-order chi connectivity index (χ1) is 12.0. The van der Waals surface area contributed by atoms with Crippen LogP contribution in [0.25, 0.3) is 11.4 Å². The van der Waals surface area contributed by atoms with Crippen LogP contribution in [0.3, 0.4) is 0 Å². The average molecular weight is 339 g/mol. The summed E-state index contributed by atoms with van der Waals surface area (Å²) in [6, 6.07) is 13.9. The molecule has 0 saturated carbocycles. The van der Waals surface area contributed by atoms with Gasteiger partial charge in [0.1, 0.15) is 5.82 Å². The Morgan fingerprint density at radius 2 is 2.00 bits per heavy atom. The first-order valence-corrected chi connectivity index (χ1v) is 7.95. The Morgan fingerprint density at radius 1 is 1.20 bits per heavy atom. The molecule has 0 saturated heterocycles. The van der Waals surface area contributed by atoms with Gasteiger partial charge in [-0.3, -0.25) is 4.79 Å². The second kappa shape index (κ2) is 7.25. The molecule has 3 rings (SSSR count). The zero-order chi connectivity index (χ0) is 17.8. The first-order valence-electron chi connectivity index (χ1n) is 7.95. The number of carbonyl (C=O) groups is 1. The monoisotopic (exact) mass is 339 g/mol. The lowest BCUT2D eigenvalue weighted by atomic mass is 10.2. The van der Waals surface area contributed by atoms with Crippen LogP contribution in [-0.4, -0.2) is 23.1 Å². The molecular formula is C19H18FN3O2. The number of amides is 1. The van der Waals surface area contributed by atoms with Crippen LogP contribution < -0.4 is 4.90 Å². The second-order valence-corrected chi connectivity index (χ2v) is 5.78. The number of rotatable bonds is 5. The largest absolute Gasteiger partial charge is 0.339 e. The summed E-state index contributed by atoms with van der Waals surface area (Å²) in [4.78, 5) is 18.1. The molecule has 3 aromatic rings. The van der Waals surface area contributed by atoms with E-state index in [0.29, 0.717) is 12.3 Å². The quantitative estimate of drug-likeness (QED) is 0.710. The fourth-order valence-electron chi connectivity index (χ4n) is 2.47. The Hall–Kier alpha value is -3.02. The van der Waals surface area contributed by atoms with Crippen molar-refractivity contribution in [2.45, 2.75) is 19.8 Å². The highest BCUT2D eigenvalue weighted by Gasteiger charge is 2.15. The fraction of sp³-hybridized carbons (Fsp3) is 0.211. The number of hydrogen-bond donors (Lipinski definition) is 0. The van der Waals surface area contributed by atoms with Crippen LogP contribution in [-0.2, 0) is 11.2 Å². The van der Waals surface area contributed by atoms with Crippen molar-refractivity contribution in [1.82, 2.24) is 10.1 Å². The lowest BCUT2D eigenvalue weighted by Crippen LogP contribution is -2.26. The van der Waals surface area contributed by atoms with E-state index in [-0.39, 0.29) is 23.7 Å². The van der Waals surface area contributed by atoms with Crippen molar-refractivity contribution in [2.24, 2.45) is 0 Å². The third kappa shape index (κ3) is 3.91. The second-order valence-electron chi connectivity index (χ2n) is 5.78. The summed E-state index contributed by atoms with van der Waals surface area (Å²) >= 11 is 0. The SMILES string of the molecule is Cc1cccc(N(C)C(=O)CCc2nc(-c3ccccc3F)no2)c1. The molecule has 5 nitrogen and oxygen atoms in total. The number of aromatic nitrogens is 2. The fourth-order valence-corrected chi connectivity index (χ4v) is 2.47. The summed E-state index contributed by atoms with van der Waals surface area (Å²) in [5.74, 6) is 0.0261. The summed E-state index contributed by atoms with van der Waals surface area (Å²) in [6.07, 6.45) is 0.528. The molecule has 0 radical (unpaired) electrons. The number of carbonyl (C=O) groups excluding carboxylic acids is 1. The standard InChI is InChI=1S/C19H18FN3O2/c1-13-6-5-7-14(12-13)23(2)18(24)11-10-17-21-19(22-25-17)15-8-3-4-9-16(15)20/h3-9,12H,10-11H2,1-2H3. The molecule has 0 aliphatic heterocycles. The molecular weight excluding hydrogens is 321 g/mol. The average Bonchev–Trinajstić information content (AvgIpc) is 3.08. The van der Waals surface area contributed by atoms with Crippen molar-refractivity contribution in [1.29, 1.82) is 0 Å². The molecule has 0 N–H and O–H groups in total. The van der Waals surface area contributed by atoms with Gasteiger partial charge in [-0.15, -0.1) is 0 Å². The highest BCUT2D eigenvalue weighted by molar-refractivity contribution is 5.92. The van der Waals surface area contributed by atoms with Crippen molar-refractivity contribution in [3.63, 3.8) is 0 Å². The predicted octanol–water partition coefficient (Wildman–Crippen LogP) is 3.78. The van der Waals surface area contributed by atoms with Gasteiger partial charge in [-0.25, -0.2) is 4.39 Å². The minimum atomic E-state index is -0.412. The molecule has 1 heterocycles. The molecule has 0 atom stereocenters. The molecule has 1 amide bonds. The van der Waals surface area contributed by atoms with E-state index < -0.39 is 5.82 Å². The van der Waals surface area contributed by atoms with Crippen LogP contribution >= 0.6 is 0 Å². The normalized spacial score (nSPS) is 10.7. The molecule has 0 bridgehead atoms. The van der Waals surface area contributed by atoms with Gasteiger partial charge in [0, 0.05) is 25.6 Å². The van der Waals surface area contributed by atoms with Crippen LogP contribution in [0.1, 0.15) is 17.9 Å². The van der Waals surface area contributed by atoms with Gasteiger partial charge in [0.25, 0.3) is 0 Å². The van der Waals surface area contributed by atoms with E-state index >= 15 is 0 Å². The van der Waals surface area contributed by atoms with Crippen LogP contribution in [0.15, 0.2) is 53.1 Å². The third-order valence-electron chi connectivity index (χ3n) is 3.90. The molecule has 2 aromatic carbocycles. The van der Waals surface area contributed by atoms with Crippen LogP contribution in [0, 0.1) is 12.7 Å². The number of benzene rings is 2. The van der Waals surface area contributed by atoms with Gasteiger partial charge >= 0.3 is 0 Å². The van der Waals surface area contributed by atoms with E-state index in [2.05, 4.69) is 10.1 Å². The van der Waals surface area contributed by atoms with Crippen molar-refractivity contribution in [3.05, 3.63) is 65.8 Å². The van der Waals surface area contributed by atoms with Crippen molar-refractivity contribution in [2.75, 3.05) is 11.9 Å². The summed E-state index contributed by atoms with van der Waals surface area (Å²) in [5, 5.41) is 3.79. The molecule has 0 aliphatic rings. The number of nitrogens with zero attached hydrogens (tertiary/aromatic N) is 3. The molecule has 128 valence electrons. The Kier molecular flexibility index (Phi) is 4.88. The van der Waals surface area contributed by atoms with Gasteiger partial charge in [-0.1, -0.05) is 29.4 Å². The Balaban J connectivity index is 1.64. The zero-order valence-corrected chi connectivity index (χ0v) is 14.1. The van der Waals surface area contributed by atoms with Gasteiger partial charge in [0.15, 0.2) is 0 Å². The molecule has 0 unspecified atom stereocenters.